The molecule has 3 rings (SSSR count). The van der Waals surface area contributed by atoms with E-state index in [4.69, 9.17) is 11.6 Å². The largest absolute Gasteiger partial charge is 0.337 e. The summed E-state index contributed by atoms with van der Waals surface area (Å²) in [6, 6.07) is 11.1. The molecule has 0 aliphatic carbocycles. The number of hydrogen-bond acceptors (Lipinski definition) is 3. The fraction of sp³-hybridized carbons (Fsp3) is 0.333. The van der Waals surface area contributed by atoms with Crippen LogP contribution in [0.1, 0.15) is 22.3 Å². The Balaban J connectivity index is 1.62. The third kappa shape index (κ3) is 4.04. The van der Waals surface area contributed by atoms with Crippen LogP contribution >= 0.6 is 11.6 Å². The molecule has 1 N–H and O–H groups in total. The van der Waals surface area contributed by atoms with Gasteiger partial charge in [-0.15, -0.1) is 0 Å². The highest BCUT2D eigenvalue weighted by Gasteiger charge is 2.22. The van der Waals surface area contributed by atoms with Crippen LogP contribution in [0.5, 0.6) is 0 Å². The van der Waals surface area contributed by atoms with Crippen LogP contribution in [0.15, 0.2) is 47.4 Å². The Morgan fingerprint density at radius 2 is 1.88 bits per heavy atom. The number of aromatic amines is 1. The van der Waals surface area contributed by atoms with Gasteiger partial charge in [0.05, 0.1) is 0 Å². The number of halogens is 1. The van der Waals surface area contributed by atoms with Gasteiger partial charge in [-0.1, -0.05) is 23.7 Å². The molecule has 0 bridgehead atoms. The van der Waals surface area contributed by atoms with E-state index in [0.717, 1.165) is 31.1 Å². The number of amides is 1. The van der Waals surface area contributed by atoms with Gasteiger partial charge in [0.25, 0.3) is 11.5 Å². The molecule has 24 heavy (non-hydrogen) atoms. The second-order valence-corrected chi connectivity index (χ2v) is 6.40. The van der Waals surface area contributed by atoms with Gasteiger partial charge in [-0.25, -0.2) is 0 Å². The molecule has 1 fully saturated rings. The van der Waals surface area contributed by atoms with Crippen molar-refractivity contribution in [2.75, 3.05) is 26.2 Å². The maximum Gasteiger partial charge on any atom is 0.260 e. The number of nitrogens with one attached hydrogen (secondary N) is 1. The van der Waals surface area contributed by atoms with E-state index in [1.165, 1.54) is 11.8 Å². The second-order valence-electron chi connectivity index (χ2n) is 5.96. The zero-order valence-corrected chi connectivity index (χ0v) is 14.1. The molecule has 0 atom stereocenters. The first kappa shape index (κ1) is 16.7. The summed E-state index contributed by atoms with van der Waals surface area (Å²) in [7, 11) is 0. The van der Waals surface area contributed by atoms with Gasteiger partial charge in [0.2, 0.25) is 0 Å². The van der Waals surface area contributed by atoms with Crippen molar-refractivity contribution < 1.29 is 4.79 Å². The Kier molecular flexibility index (Phi) is 5.33. The van der Waals surface area contributed by atoms with Crippen molar-refractivity contribution in [3.8, 4) is 0 Å². The van der Waals surface area contributed by atoms with Crippen molar-refractivity contribution in [2.24, 2.45) is 0 Å². The maximum absolute atomic E-state index is 12.5. The Labute approximate surface area is 145 Å². The predicted molar refractivity (Wildman–Crippen MR) is 94.3 cm³/mol. The third-order valence-electron chi connectivity index (χ3n) is 4.24. The molecule has 6 heteroatoms. The van der Waals surface area contributed by atoms with Crippen LogP contribution in [0.2, 0.25) is 5.02 Å². The number of nitrogens with zero attached hydrogens (tertiary/aromatic N) is 2. The molecular formula is C18H20ClN3O2. The molecule has 126 valence electrons. The Morgan fingerprint density at radius 3 is 2.62 bits per heavy atom. The van der Waals surface area contributed by atoms with Crippen LogP contribution < -0.4 is 5.56 Å². The van der Waals surface area contributed by atoms with Crippen LogP contribution in [0.3, 0.4) is 0 Å². The van der Waals surface area contributed by atoms with Crippen molar-refractivity contribution in [1.82, 2.24) is 14.8 Å². The number of H-pyrrole nitrogens is 1. The summed E-state index contributed by atoms with van der Waals surface area (Å²) in [5, 5.41) is 0.736. The van der Waals surface area contributed by atoms with Crippen LogP contribution in [-0.4, -0.2) is 46.9 Å². The predicted octanol–water partition coefficient (Wildman–Crippen LogP) is 2.38. The van der Waals surface area contributed by atoms with Crippen LogP contribution in [0.4, 0.5) is 0 Å². The number of hydrogen-bond donors (Lipinski definition) is 1. The number of carbonyl (C=O) groups excluding carboxylic acids is 1. The average molecular weight is 346 g/mol. The first-order chi connectivity index (χ1) is 11.6. The highest BCUT2D eigenvalue weighted by molar-refractivity contribution is 6.30. The van der Waals surface area contributed by atoms with Gasteiger partial charge in [-0.3, -0.25) is 14.5 Å². The fourth-order valence-corrected chi connectivity index (χ4v) is 3.07. The highest BCUT2D eigenvalue weighted by atomic mass is 35.5. The lowest BCUT2D eigenvalue weighted by Crippen LogP contribution is -2.37. The Hall–Kier alpha value is -2.11. The first-order valence-corrected chi connectivity index (χ1v) is 8.45. The molecule has 2 heterocycles. The highest BCUT2D eigenvalue weighted by Crippen LogP contribution is 2.13. The summed E-state index contributed by atoms with van der Waals surface area (Å²) < 4.78 is 0. The van der Waals surface area contributed by atoms with Gasteiger partial charge in [-0.2, -0.15) is 0 Å². The number of carbonyl (C=O) groups is 1. The minimum atomic E-state index is -0.329. The van der Waals surface area contributed by atoms with E-state index in [-0.39, 0.29) is 17.0 Å². The standard InChI is InChI=1S/C18H20ClN3O2/c19-15-6-4-14(5-7-15)13-21-9-2-10-22(12-11-21)18(24)16-3-1-8-20-17(16)23/h1,3-8H,2,9-13H2,(H,20,23). The lowest BCUT2D eigenvalue weighted by atomic mass is 10.2. The summed E-state index contributed by atoms with van der Waals surface area (Å²) in [5.74, 6) is -0.190. The summed E-state index contributed by atoms with van der Waals surface area (Å²) in [5.41, 5.74) is 1.09. The molecule has 1 aromatic heterocycles. The van der Waals surface area contributed by atoms with Crippen LogP contribution in [0.25, 0.3) is 0 Å². The van der Waals surface area contributed by atoms with Gasteiger partial charge in [0.15, 0.2) is 0 Å². The normalized spacial score (nSPS) is 16.0. The number of rotatable bonds is 3. The van der Waals surface area contributed by atoms with Crippen LogP contribution in [-0.2, 0) is 6.54 Å². The van der Waals surface area contributed by atoms with E-state index in [0.29, 0.717) is 13.1 Å². The van der Waals surface area contributed by atoms with E-state index < -0.39 is 0 Å². The summed E-state index contributed by atoms with van der Waals surface area (Å²) >= 11 is 5.92. The molecule has 0 saturated carbocycles. The summed E-state index contributed by atoms with van der Waals surface area (Å²) in [6.07, 6.45) is 2.43. The maximum atomic E-state index is 12.5. The van der Waals surface area contributed by atoms with Gasteiger partial charge in [-0.05, 0) is 36.2 Å². The SMILES string of the molecule is O=C(c1ccc[nH]c1=O)N1CCCN(Cc2ccc(Cl)cc2)CC1. The van der Waals surface area contributed by atoms with E-state index in [1.54, 1.807) is 17.0 Å². The van der Waals surface area contributed by atoms with Crippen molar-refractivity contribution in [3.63, 3.8) is 0 Å². The lowest BCUT2D eigenvalue weighted by molar-refractivity contribution is 0.0759. The molecule has 1 aromatic carbocycles. The second kappa shape index (κ2) is 7.64. The van der Waals surface area contributed by atoms with Gasteiger partial charge < -0.3 is 9.88 Å². The fourth-order valence-electron chi connectivity index (χ4n) is 2.94. The number of pyridine rings is 1. The van der Waals surface area contributed by atoms with Crippen molar-refractivity contribution >= 4 is 17.5 Å². The number of aromatic nitrogens is 1. The topological polar surface area (TPSA) is 56.4 Å². The summed E-state index contributed by atoms with van der Waals surface area (Å²) in [6.45, 7) is 3.85. The third-order valence-corrected chi connectivity index (χ3v) is 4.50. The minimum Gasteiger partial charge on any atom is -0.337 e. The molecule has 1 aliphatic rings. The zero-order valence-electron chi connectivity index (χ0n) is 13.4. The number of benzene rings is 1. The monoisotopic (exact) mass is 345 g/mol. The Bertz CT molecular complexity index is 757. The van der Waals surface area contributed by atoms with Gasteiger partial charge in [0, 0.05) is 43.9 Å². The van der Waals surface area contributed by atoms with Gasteiger partial charge >= 0.3 is 0 Å². The molecule has 1 saturated heterocycles. The summed E-state index contributed by atoms with van der Waals surface area (Å²) in [4.78, 5) is 31.0. The van der Waals surface area contributed by atoms with Crippen molar-refractivity contribution in [1.29, 1.82) is 0 Å². The molecule has 0 unspecified atom stereocenters. The van der Waals surface area contributed by atoms with E-state index in [9.17, 15) is 9.59 Å². The smallest absolute Gasteiger partial charge is 0.260 e. The van der Waals surface area contributed by atoms with Crippen molar-refractivity contribution in [2.45, 2.75) is 13.0 Å². The lowest BCUT2D eigenvalue weighted by Gasteiger charge is -2.22. The molecule has 1 amide bonds. The first-order valence-electron chi connectivity index (χ1n) is 8.07. The Morgan fingerprint density at radius 1 is 1.08 bits per heavy atom. The van der Waals surface area contributed by atoms with E-state index >= 15 is 0 Å². The molecule has 5 nitrogen and oxygen atoms in total. The molecule has 0 spiro atoms. The van der Waals surface area contributed by atoms with Crippen LogP contribution in [0, 0.1) is 0 Å². The average Bonchev–Trinajstić information content (AvgIpc) is 2.82. The minimum absolute atomic E-state index is 0.190. The molecule has 2 aromatic rings. The molecule has 0 radical (unpaired) electrons. The zero-order chi connectivity index (χ0) is 16.9. The van der Waals surface area contributed by atoms with E-state index in [1.807, 2.05) is 24.3 Å². The van der Waals surface area contributed by atoms with E-state index in [2.05, 4.69) is 9.88 Å². The van der Waals surface area contributed by atoms with Gasteiger partial charge in [0.1, 0.15) is 5.56 Å². The molecular weight excluding hydrogens is 326 g/mol. The quantitative estimate of drug-likeness (QED) is 0.929. The van der Waals surface area contributed by atoms with Crippen molar-refractivity contribution in [3.05, 3.63) is 69.1 Å². The molecule has 1 aliphatic heterocycles.